The van der Waals surface area contributed by atoms with Crippen molar-refractivity contribution in [2.75, 3.05) is 7.11 Å². The Morgan fingerprint density at radius 1 is 1.32 bits per heavy atom. The fourth-order valence-corrected chi connectivity index (χ4v) is 1.89. The first-order valence-corrected chi connectivity index (χ1v) is 6.17. The first-order valence-electron chi connectivity index (χ1n) is 6.17. The quantitative estimate of drug-likeness (QED) is 0.513. The van der Waals surface area contributed by atoms with Gasteiger partial charge in [0, 0.05) is 16.6 Å². The Kier molecular flexibility index (Phi) is 4.25. The maximum Gasteiger partial charge on any atom is 0.416 e. The number of rotatable bonds is 4. The van der Waals surface area contributed by atoms with E-state index in [4.69, 9.17) is 5.11 Å². The zero-order chi connectivity index (χ0) is 16.3. The molecule has 1 aromatic heterocycles. The van der Waals surface area contributed by atoms with E-state index >= 15 is 0 Å². The maximum atomic E-state index is 12.6. The van der Waals surface area contributed by atoms with Crippen LogP contribution in [0.2, 0.25) is 0 Å². The topological polar surface area (TPSA) is 62.3 Å². The summed E-state index contributed by atoms with van der Waals surface area (Å²) in [5.74, 6) is -1.45. The Bertz CT molecular complexity index is 757. The van der Waals surface area contributed by atoms with Gasteiger partial charge in [0.2, 0.25) is 5.76 Å². The molecule has 2 aromatic rings. The highest BCUT2D eigenvalue weighted by Gasteiger charge is 2.30. The molecule has 1 heterocycles. The Hall–Kier alpha value is -2.70. The van der Waals surface area contributed by atoms with Crippen molar-refractivity contribution < 1.29 is 27.8 Å². The SMILES string of the molecule is CO/C(=C/C=C/c1cc2cc(C(F)(F)F)ccc2[nH]1)C(=O)O. The number of methoxy groups -OCH3 is 1. The molecule has 0 fully saturated rings. The first-order chi connectivity index (χ1) is 10.3. The van der Waals surface area contributed by atoms with Gasteiger partial charge in [-0.2, -0.15) is 13.2 Å². The van der Waals surface area contributed by atoms with Crippen LogP contribution in [-0.4, -0.2) is 23.2 Å². The molecule has 22 heavy (non-hydrogen) atoms. The molecule has 2 N–H and O–H groups in total. The molecule has 0 atom stereocenters. The molecule has 1 aromatic carbocycles. The van der Waals surface area contributed by atoms with E-state index in [1.165, 1.54) is 31.4 Å². The molecule has 0 unspecified atom stereocenters. The molecule has 2 rings (SSSR count). The number of nitrogens with one attached hydrogen (secondary N) is 1. The molecular formula is C15H12F3NO3. The van der Waals surface area contributed by atoms with E-state index in [-0.39, 0.29) is 5.76 Å². The Labute approximate surface area is 123 Å². The molecule has 0 saturated heterocycles. The molecule has 4 nitrogen and oxygen atoms in total. The average molecular weight is 311 g/mol. The fraction of sp³-hybridized carbons (Fsp3) is 0.133. The van der Waals surface area contributed by atoms with Gasteiger partial charge in [-0.05, 0) is 36.4 Å². The van der Waals surface area contributed by atoms with Crippen molar-refractivity contribution in [2.45, 2.75) is 6.18 Å². The third-order valence-corrected chi connectivity index (χ3v) is 2.92. The smallest absolute Gasteiger partial charge is 0.416 e. The Morgan fingerprint density at radius 3 is 2.64 bits per heavy atom. The number of hydrogen-bond donors (Lipinski definition) is 2. The molecule has 0 amide bonds. The van der Waals surface area contributed by atoms with Crippen molar-refractivity contribution in [3.63, 3.8) is 0 Å². The number of benzene rings is 1. The molecule has 0 aliphatic heterocycles. The number of H-pyrrole nitrogens is 1. The van der Waals surface area contributed by atoms with Gasteiger partial charge in [0.05, 0.1) is 12.7 Å². The summed E-state index contributed by atoms with van der Waals surface area (Å²) in [7, 11) is 1.23. The van der Waals surface area contributed by atoms with Gasteiger partial charge in [-0.1, -0.05) is 6.08 Å². The number of ether oxygens (including phenoxy) is 1. The summed E-state index contributed by atoms with van der Waals surface area (Å²) in [6.07, 6.45) is -0.175. The lowest BCUT2D eigenvalue weighted by molar-refractivity contribution is -0.137. The van der Waals surface area contributed by atoms with E-state index in [0.29, 0.717) is 16.6 Å². The van der Waals surface area contributed by atoms with Crippen LogP contribution in [0.4, 0.5) is 13.2 Å². The summed E-state index contributed by atoms with van der Waals surface area (Å²) in [6.45, 7) is 0. The van der Waals surface area contributed by atoms with Crippen molar-refractivity contribution >= 4 is 22.9 Å². The van der Waals surface area contributed by atoms with E-state index in [0.717, 1.165) is 12.1 Å². The molecule has 0 aliphatic rings. The number of halogens is 3. The van der Waals surface area contributed by atoms with Gasteiger partial charge < -0.3 is 14.8 Å². The molecule has 0 bridgehead atoms. The van der Waals surface area contributed by atoms with Crippen LogP contribution in [0.5, 0.6) is 0 Å². The molecular weight excluding hydrogens is 299 g/mol. The molecule has 7 heteroatoms. The number of aromatic amines is 1. The minimum absolute atomic E-state index is 0.244. The largest absolute Gasteiger partial charge is 0.490 e. The number of carboxylic acid groups (broad SMARTS) is 1. The fourth-order valence-electron chi connectivity index (χ4n) is 1.89. The van der Waals surface area contributed by atoms with Crippen LogP contribution < -0.4 is 0 Å². The first kappa shape index (κ1) is 15.7. The highest BCUT2D eigenvalue weighted by Crippen LogP contribution is 2.31. The van der Waals surface area contributed by atoms with Crippen molar-refractivity contribution in [1.82, 2.24) is 4.98 Å². The van der Waals surface area contributed by atoms with E-state index in [2.05, 4.69) is 9.72 Å². The van der Waals surface area contributed by atoms with Crippen LogP contribution in [0.25, 0.3) is 17.0 Å². The van der Waals surface area contributed by atoms with Crippen LogP contribution in [0.1, 0.15) is 11.3 Å². The van der Waals surface area contributed by atoms with Gasteiger partial charge in [-0.3, -0.25) is 0 Å². The lowest BCUT2D eigenvalue weighted by atomic mass is 10.1. The minimum atomic E-state index is -4.39. The number of allylic oxidation sites excluding steroid dienone is 2. The van der Waals surface area contributed by atoms with E-state index < -0.39 is 17.7 Å². The number of aliphatic carboxylic acids is 1. The zero-order valence-corrected chi connectivity index (χ0v) is 11.4. The average Bonchev–Trinajstić information content (AvgIpc) is 2.83. The van der Waals surface area contributed by atoms with Gasteiger partial charge in [0.25, 0.3) is 0 Å². The van der Waals surface area contributed by atoms with Crippen LogP contribution in [-0.2, 0) is 15.7 Å². The molecule has 0 radical (unpaired) electrons. The van der Waals surface area contributed by atoms with Gasteiger partial charge in [0.1, 0.15) is 0 Å². The van der Waals surface area contributed by atoms with Crippen molar-refractivity contribution in [1.29, 1.82) is 0 Å². The second kappa shape index (κ2) is 5.97. The van der Waals surface area contributed by atoms with E-state index in [1.54, 1.807) is 6.07 Å². The summed E-state index contributed by atoms with van der Waals surface area (Å²) in [4.78, 5) is 13.6. The van der Waals surface area contributed by atoms with Crippen molar-refractivity contribution in [2.24, 2.45) is 0 Å². The van der Waals surface area contributed by atoms with Crippen molar-refractivity contribution in [3.05, 3.63) is 53.4 Å². The van der Waals surface area contributed by atoms with Gasteiger partial charge in [-0.15, -0.1) is 0 Å². The zero-order valence-electron chi connectivity index (χ0n) is 11.4. The summed E-state index contributed by atoms with van der Waals surface area (Å²) < 4.78 is 42.5. The highest BCUT2D eigenvalue weighted by atomic mass is 19.4. The third-order valence-electron chi connectivity index (χ3n) is 2.92. The minimum Gasteiger partial charge on any atom is -0.490 e. The summed E-state index contributed by atoms with van der Waals surface area (Å²) in [6, 6.07) is 4.95. The van der Waals surface area contributed by atoms with Crippen LogP contribution >= 0.6 is 0 Å². The van der Waals surface area contributed by atoms with E-state index in [9.17, 15) is 18.0 Å². The number of carboxylic acids is 1. The summed E-state index contributed by atoms with van der Waals surface area (Å²) in [5.41, 5.74) is 0.384. The number of fused-ring (bicyclic) bond motifs is 1. The number of alkyl halides is 3. The highest BCUT2D eigenvalue weighted by molar-refractivity contribution is 5.85. The number of aromatic nitrogens is 1. The Balaban J connectivity index is 2.28. The van der Waals surface area contributed by atoms with Gasteiger partial charge >= 0.3 is 12.1 Å². The van der Waals surface area contributed by atoms with Gasteiger partial charge in [0.15, 0.2) is 0 Å². The summed E-state index contributed by atoms with van der Waals surface area (Å²) in [5, 5.41) is 9.17. The summed E-state index contributed by atoms with van der Waals surface area (Å²) >= 11 is 0. The molecule has 0 spiro atoms. The lowest BCUT2D eigenvalue weighted by Gasteiger charge is -2.05. The molecule has 0 saturated carbocycles. The third kappa shape index (κ3) is 3.49. The van der Waals surface area contributed by atoms with Crippen molar-refractivity contribution in [3.8, 4) is 0 Å². The molecule has 116 valence electrons. The monoisotopic (exact) mass is 311 g/mol. The van der Waals surface area contributed by atoms with Gasteiger partial charge in [-0.25, -0.2) is 4.79 Å². The number of carbonyl (C=O) groups is 1. The predicted molar refractivity (Wildman–Crippen MR) is 75.1 cm³/mol. The van der Waals surface area contributed by atoms with E-state index in [1.807, 2.05) is 0 Å². The normalized spacial score (nSPS) is 13.0. The van der Waals surface area contributed by atoms with Crippen LogP contribution in [0, 0.1) is 0 Å². The lowest BCUT2D eigenvalue weighted by Crippen LogP contribution is -2.03. The second-order valence-corrected chi connectivity index (χ2v) is 4.42. The molecule has 0 aliphatic carbocycles. The maximum absolute atomic E-state index is 12.6. The second-order valence-electron chi connectivity index (χ2n) is 4.42. The number of hydrogen-bond acceptors (Lipinski definition) is 2. The van der Waals surface area contributed by atoms with Crippen LogP contribution in [0.15, 0.2) is 42.2 Å². The predicted octanol–water partition coefficient (Wildman–Crippen LogP) is 3.81. The van der Waals surface area contributed by atoms with Crippen LogP contribution in [0.3, 0.4) is 0 Å². The Morgan fingerprint density at radius 2 is 2.05 bits per heavy atom. The standard InChI is InChI=1S/C15H12F3NO3/c1-22-13(14(20)21)4-2-3-11-8-9-7-10(15(16,17)18)5-6-12(9)19-11/h2-8,19H,1H3,(H,20,21)/b3-2+,13-4+.